The third kappa shape index (κ3) is 1.30. The first-order valence-corrected chi connectivity index (χ1v) is 6.17. The van der Waals surface area contributed by atoms with Crippen LogP contribution >= 0.6 is 0 Å². The van der Waals surface area contributed by atoms with Crippen LogP contribution in [0.3, 0.4) is 0 Å². The van der Waals surface area contributed by atoms with Crippen molar-refractivity contribution in [3.8, 4) is 0 Å². The second kappa shape index (κ2) is 3.63. The normalized spacial score (nSPS) is 19.2. The van der Waals surface area contributed by atoms with Gasteiger partial charge in [-0.15, -0.1) is 0 Å². The number of aryl methyl sites for hydroxylation is 2. The molecule has 2 nitrogen and oxygen atoms in total. The van der Waals surface area contributed by atoms with E-state index < -0.39 is 0 Å². The number of benzene rings is 1. The number of nitrogens with two attached hydrogens (primary N) is 1. The number of hydrogen-bond donors (Lipinski definition) is 2. The number of aromatic amines is 1. The molecule has 3 N–H and O–H groups in total. The second-order valence-electron chi connectivity index (χ2n) is 4.72. The highest BCUT2D eigenvalue weighted by molar-refractivity contribution is 5.86. The summed E-state index contributed by atoms with van der Waals surface area (Å²) in [5, 5.41) is 1.42. The standard InChI is InChI=1S/C14H18N2/c1-2-9-3-6-13-12(7-9)11-5-4-10(8-15)14(11)16-13/h3,6-7,10,16H,2,4-5,8,15H2,1H3. The van der Waals surface area contributed by atoms with E-state index >= 15 is 0 Å². The largest absolute Gasteiger partial charge is 0.358 e. The van der Waals surface area contributed by atoms with E-state index in [2.05, 4.69) is 30.1 Å². The Morgan fingerprint density at radius 2 is 2.31 bits per heavy atom. The van der Waals surface area contributed by atoms with Crippen molar-refractivity contribution >= 4 is 10.9 Å². The number of aromatic nitrogens is 1. The maximum atomic E-state index is 5.81. The molecule has 0 amide bonds. The van der Waals surface area contributed by atoms with Gasteiger partial charge in [0.05, 0.1) is 0 Å². The highest BCUT2D eigenvalue weighted by Crippen LogP contribution is 2.37. The topological polar surface area (TPSA) is 41.8 Å². The minimum atomic E-state index is 0.549. The van der Waals surface area contributed by atoms with Gasteiger partial charge < -0.3 is 10.7 Å². The van der Waals surface area contributed by atoms with Crippen molar-refractivity contribution in [2.24, 2.45) is 5.73 Å². The Morgan fingerprint density at radius 1 is 1.44 bits per heavy atom. The molecule has 3 rings (SSSR count). The van der Waals surface area contributed by atoms with E-state index in [9.17, 15) is 0 Å². The van der Waals surface area contributed by atoms with Gasteiger partial charge in [0.1, 0.15) is 0 Å². The third-order valence-electron chi connectivity index (χ3n) is 3.85. The van der Waals surface area contributed by atoms with Gasteiger partial charge in [-0.25, -0.2) is 0 Å². The summed E-state index contributed by atoms with van der Waals surface area (Å²) in [4.78, 5) is 3.55. The Kier molecular flexibility index (Phi) is 2.25. The molecular formula is C14H18N2. The lowest BCUT2D eigenvalue weighted by atomic mass is 10.1. The van der Waals surface area contributed by atoms with E-state index in [1.807, 2.05) is 0 Å². The van der Waals surface area contributed by atoms with Crippen molar-refractivity contribution < 1.29 is 0 Å². The zero-order valence-corrected chi connectivity index (χ0v) is 9.72. The molecule has 0 spiro atoms. The van der Waals surface area contributed by atoms with Crippen LogP contribution in [-0.2, 0) is 12.8 Å². The maximum Gasteiger partial charge on any atom is 0.0459 e. The molecular weight excluding hydrogens is 196 g/mol. The van der Waals surface area contributed by atoms with E-state index in [1.54, 1.807) is 0 Å². The zero-order valence-electron chi connectivity index (χ0n) is 9.72. The molecule has 0 saturated carbocycles. The first-order chi connectivity index (χ1) is 7.83. The number of nitrogens with one attached hydrogen (secondary N) is 1. The summed E-state index contributed by atoms with van der Waals surface area (Å²) < 4.78 is 0. The van der Waals surface area contributed by atoms with Gasteiger partial charge in [-0.05, 0) is 42.5 Å². The SMILES string of the molecule is CCc1ccc2[nH]c3c(c2c1)CCC3CN. The van der Waals surface area contributed by atoms with Crippen molar-refractivity contribution in [3.05, 3.63) is 35.0 Å². The molecule has 0 bridgehead atoms. The lowest BCUT2D eigenvalue weighted by Crippen LogP contribution is -2.09. The van der Waals surface area contributed by atoms with Crippen molar-refractivity contribution in [1.82, 2.24) is 4.98 Å². The lowest BCUT2D eigenvalue weighted by molar-refractivity contribution is 0.675. The molecule has 0 saturated heterocycles. The van der Waals surface area contributed by atoms with Gasteiger partial charge >= 0.3 is 0 Å². The first-order valence-electron chi connectivity index (χ1n) is 6.17. The number of hydrogen-bond acceptors (Lipinski definition) is 1. The molecule has 1 unspecified atom stereocenters. The van der Waals surface area contributed by atoms with E-state index in [0.717, 1.165) is 13.0 Å². The molecule has 2 aromatic rings. The van der Waals surface area contributed by atoms with E-state index in [4.69, 9.17) is 5.73 Å². The van der Waals surface area contributed by atoms with Crippen LogP contribution in [-0.4, -0.2) is 11.5 Å². The Hall–Kier alpha value is -1.28. The van der Waals surface area contributed by atoms with Crippen LogP contribution in [0.5, 0.6) is 0 Å². The number of H-pyrrole nitrogens is 1. The van der Waals surface area contributed by atoms with Crippen molar-refractivity contribution in [1.29, 1.82) is 0 Å². The molecule has 0 fully saturated rings. The molecule has 16 heavy (non-hydrogen) atoms. The fourth-order valence-corrected chi connectivity index (χ4v) is 2.85. The fraction of sp³-hybridized carbons (Fsp3) is 0.429. The van der Waals surface area contributed by atoms with Crippen molar-refractivity contribution in [2.75, 3.05) is 6.54 Å². The fourth-order valence-electron chi connectivity index (χ4n) is 2.85. The molecule has 0 aliphatic heterocycles. The van der Waals surface area contributed by atoms with Crippen molar-refractivity contribution in [3.63, 3.8) is 0 Å². The van der Waals surface area contributed by atoms with Gasteiger partial charge in [0.2, 0.25) is 0 Å². The van der Waals surface area contributed by atoms with E-state index in [0.29, 0.717) is 5.92 Å². The molecule has 2 heteroatoms. The summed E-state index contributed by atoms with van der Waals surface area (Å²) in [6.07, 6.45) is 3.50. The van der Waals surface area contributed by atoms with Crippen LogP contribution < -0.4 is 5.73 Å². The predicted octanol–water partition coefficient (Wildman–Crippen LogP) is 2.72. The minimum absolute atomic E-state index is 0.549. The molecule has 0 radical (unpaired) electrons. The van der Waals surface area contributed by atoms with Crippen LogP contribution in [0.25, 0.3) is 10.9 Å². The van der Waals surface area contributed by atoms with Crippen molar-refractivity contribution in [2.45, 2.75) is 32.1 Å². The number of fused-ring (bicyclic) bond motifs is 3. The summed E-state index contributed by atoms with van der Waals surface area (Å²) in [6, 6.07) is 6.76. The summed E-state index contributed by atoms with van der Waals surface area (Å²) in [7, 11) is 0. The van der Waals surface area contributed by atoms with Crippen LogP contribution in [0.4, 0.5) is 0 Å². The van der Waals surface area contributed by atoms with E-state index in [-0.39, 0.29) is 0 Å². The quantitative estimate of drug-likeness (QED) is 0.793. The molecule has 1 aliphatic rings. The summed E-state index contributed by atoms with van der Waals surface area (Å²) in [5.41, 5.74) is 11.4. The van der Waals surface area contributed by atoms with Crippen LogP contribution in [0.2, 0.25) is 0 Å². The average molecular weight is 214 g/mol. The number of rotatable bonds is 2. The Labute approximate surface area is 95.8 Å². The van der Waals surface area contributed by atoms with Crippen LogP contribution in [0.15, 0.2) is 18.2 Å². The smallest absolute Gasteiger partial charge is 0.0459 e. The Balaban J connectivity index is 2.20. The zero-order chi connectivity index (χ0) is 11.1. The van der Waals surface area contributed by atoms with Gasteiger partial charge in [-0.1, -0.05) is 13.0 Å². The summed E-state index contributed by atoms with van der Waals surface area (Å²) >= 11 is 0. The molecule has 1 aromatic heterocycles. The van der Waals surface area contributed by atoms with Gasteiger partial charge in [0.25, 0.3) is 0 Å². The van der Waals surface area contributed by atoms with E-state index in [1.165, 1.54) is 40.6 Å². The Morgan fingerprint density at radius 3 is 3.06 bits per heavy atom. The third-order valence-corrected chi connectivity index (χ3v) is 3.85. The maximum absolute atomic E-state index is 5.81. The molecule has 84 valence electrons. The van der Waals surface area contributed by atoms with Gasteiger partial charge in [-0.3, -0.25) is 0 Å². The first kappa shape index (κ1) is 9.91. The minimum Gasteiger partial charge on any atom is -0.358 e. The monoisotopic (exact) mass is 214 g/mol. The van der Waals surface area contributed by atoms with Gasteiger partial charge in [0.15, 0.2) is 0 Å². The molecule has 1 atom stereocenters. The molecule has 1 aromatic carbocycles. The molecule has 1 aliphatic carbocycles. The second-order valence-corrected chi connectivity index (χ2v) is 4.72. The van der Waals surface area contributed by atoms with Gasteiger partial charge in [0, 0.05) is 29.1 Å². The highest BCUT2D eigenvalue weighted by atomic mass is 14.8. The average Bonchev–Trinajstić information content (AvgIpc) is 2.86. The van der Waals surface area contributed by atoms with Crippen LogP contribution in [0.1, 0.15) is 36.1 Å². The summed E-state index contributed by atoms with van der Waals surface area (Å²) in [5.74, 6) is 0.549. The summed E-state index contributed by atoms with van der Waals surface area (Å²) in [6.45, 7) is 2.97. The molecule has 1 heterocycles. The lowest BCUT2D eigenvalue weighted by Gasteiger charge is -2.04. The van der Waals surface area contributed by atoms with Gasteiger partial charge in [-0.2, -0.15) is 0 Å². The predicted molar refractivity (Wildman–Crippen MR) is 67.8 cm³/mol. The highest BCUT2D eigenvalue weighted by Gasteiger charge is 2.25. The Bertz CT molecular complexity index is 525. The van der Waals surface area contributed by atoms with Crippen LogP contribution in [0, 0.1) is 0 Å².